The second-order valence-electron chi connectivity index (χ2n) is 6.51. The predicted octanol–water partition coefficient (Wildman–Crippen LogP) is -1.56. The zero-order valence-electron chi connectivity index (χ0n) is 15.4. The molecule has 1 aliphatic rings. The summed E-state index contributed by atoms with van der Waals surface area (Å²) in [7, 11) is 0. The summed E-state index contributed by atoms with van der Waals surface area (Å²) in [5, 5.41) is 23.7. The molecule has 2 rings (SSSR count). The average Bonchev–Trinajstić information content (AvgIpc) is 2.72. The zero-order chi connectivity index (χ0) is 19.6. The number of piperazine rings is 1. The summed E-state index contributed by atoms with van der Waals surface area (Å²) in [6.07, 6.45) is -0.871. The number of rotatable bonds is 8. The van der Waals surface area contributed by atoms with Crippen LogP contribution in [0.5, 0.6) is 0 Å². The SMILES string of the molecule is NCc1ccc(CNC(=O)N2CCN(C(=O)CNCC(O)CO)CC2)cc1. The monoisotopic (exact) mass is 379 g/mol. The first-order chi connectivity index (χ1) is 13.0. The van der Waals surface area contributed by atoms with Gasteiger partial charge in [-0.15, -0.1) is 0 Å². The summed E-state index contributed by atoms with van der Waals surface area (Å²) in [6, 6.07) is 7.63. The maximum absolute atomic E-state index is 12.3. The van der Waals surface area contributed by atoms with Gasteiger partial charge < -0.3 is 36.4 Å². The molecule has 0 aromatic heterocycles. The third-order valence-electron chi connectivity index (χ3n) is 4.49. The van der Waals surface area contributed by atoms with E-state index in [1.165, 1.54) is 0 Å². The lowest BCUT2D eigenvalue weighted by Crippen LogP contribution is -2.54. The predicted molar refractivity (Wildman–Crippen MR) is 101 cm³/mol. The van der Waals surface area contributed by atoms with Gasteiger partial charge in [-0.25, -0.2) is 4.79 Å². The molecule has 1 heterocycles. The van der Waals surface area contributed by atoms with E-state index in [1.54, 1.807) is 9.80 Å². The van der Waals surface area contributed by atoms with Gasteiger partial charge in [-0.1, -0.05) is 24.3 Å². The lowest BCUT2D eigenvalue weighted by atomic mass is 10.1. The Labute approximate surface area is 159 Å². The van der Waals surface area contributed by atoms with E-state index in [4.69, 9.17) is 10.8 Å². The van der Waals surface area contributed by atoms with E-state index >= 15 is 0 Å². The molecule has 1 aromatic carbocycles. The number of carbonyl (C=O) groups is 2. The molecule has 150 valence electrons. The molecule has 0 bridgehead atoms. The van der Waals surface area contributed by atoms with Crippen LogP contribution in [0.1, 0.15) is 11.1 Å². The van der Waals surface area contributed by atoms with Gasteiger partial charge in [0.05, 0.1) is 19.3 Å². The number of hydrogen-bond acceptors (Lipinski definition) is 6. The molecule has 27 heavy (non-hydrogen) atoms. The van der Waals surface area contributed by atoms with Crippen LogP contribution in [0.25, 0.3) is 0 Å². The number of nitrogens with zero attached hydrogens (tertiary/aromatic N) is 2. The number of aliphatic hydroxyl groups excluding tert-OH is 2. The van der Waals surface area contributed by atoms with Crippen molar-refractivity contribution >= 4 is 11.9 Å². The van der Waals surface area contributed by atoms with Crippen LogP contribution >= 0.6 is 0 Å². The van der Waals surface area contributed by atoms with E-state index in [0.717, 1.165) is 11.1 Å². The van der Waals surface area contributed by atoms with Gasteiger partial charge in [0.25, 0.3) is 0 Å². The smallest absolute Gasteiger partial charge is 0.317 e. The Bertz CT molecular complexity index is 602. The molecule has 1 aliphatic heterocycles. The summed E-state index contributed by atoms with van der Waals surface area (Å²) in [5.41, 5.74) is 7.62. The average molecular weight is 379 g/mol. The van der Waals surface area contributed by atoms with E-state index in [2.05, 4.69) is 10.6 Å². The van der Waals surface area contributed by atoms with Crippen LogP contribution in [0.15, 0.2) is 24.3 Å². The van der Waals surface area contributed by atoms with E-state index in [0.29, 0.717) is 39.3 Å². The molecule has 1 unspecified atom stereocenters. The van der Waals surface area contributed by atoms with Crippen LogP contribution in [-0.2, 0) is 17.9 Å². The van der Waals surface area contributed by atoms with Crippen molar-refractivity contribution in [1.82, 2.24) is 20.4 Å². The summed E-state index contributed by atoms with van der Waals surface area (Å²) in [4.78, 5) is 27.8. The highest BCUT2D eigenvalue weighted by molar-refractivity contribution is 5.79. The van der Waals surface area contributed by atoms with Crippen LogP contribution in [0, 0.1) is 0 Å². The molecular formula is C18H29N5O4. The van der Waals surface area contributed by atoms with Crippen molar-refractivity contribution in [3.05, 3.63) is 35.4 Å². The summed E-state index contributed by atoms with van der Waals surface area (Å²) >= 11 is 0. The van der Waals surface area contributed by atoms with Gasteiger partial charge >= 0.3 is 6.03 Å². The minimum Gasteiger partial charge on any atom is -0.394 e. The van der Waals surface area contributed by atoms with Crippen molar-refractivity contribution in [2.24, 2.45) is 5.73 Å². The molecule has 0 spiro atoms. The fourth-order valence-corrected chi connectivity index (χ4v) is 2.76. The number of hydrogen-bond donors (Lipinski definition) is 5. The Morgan fingerprint density at radius 2 is 1.67 bits per heavy atom. The van der Waals surface area contributed by atoms with Gasteiger partial charge in [-0.05, 0) is 11.1 Å². The van der Waals surface area contributed by atoms with Gasteiger partial charge in [-0.3, -0.25) is 4.79 Å². The number of urea groups is 1. The van der Waals surface area contributed by atoms with Gasteiger partial charge in [-0.2, -0.15) is 0 Å². The summed E-state index contributed by atoms with van der Waals surface area (Å²) in [5.74, 6) is -0.0832. The zero-order valence-corrected chi connectivity index (χ0v) is 15.4. The van der Waals surface area contributed by atoms with E-state index in [1.807, 2.05) is 24.3 Å². The fraction of sp³-hybridized carbons (Fsp3) is 0.556. The first-order valence-electron chi connectivity index (χ1n) is 9.11. The number of amides is 3. The molecule has 9 heteroatoms. The lowest BCUT2D eigenvalue weighted by molar-refractivity contribution is -0.131. The minimum atomic E-state index is -0.871. The molecular weight excluding hydrogens is 350 g/mol. The molecule has 3 amide bonds. The van der Waals surface area contributed by atoms with Crippen LogP contribution in [-0.4, -0.2) is 83.9 Å². The summed E-state index contributed by atoms with van der Waals surface area (Å²) < 4.78 is 0. The molecule has 0 radical (unpaired) electrons. The Morgan fingerprint density at radius 3 is 2.26 bits per heavy atom. The van der Waals surface area contributed by atoms with Crippen LogP contribution in [0.4, 0.5) is 4.79 Å². The number of benzene rings is 1. The van der Waals surface area contributed by atoms with Crippen molar-refractivity contribution in [3.63, 3.8) is 0 Å². The first-order valence-corrected chi connectivity index (χ1v) is 9.11. The quantitative estimate of drug-likeness (QED) is 0.371. The molecule has 0 saturated carbocycles. The Kier molecular flexibility index (Phi) is 8.46. The van der Waals surface area contributed by atoms with Crippen molar-refractivity contribution in [1.29, 1.82) is 0 Å². The van der Waals surface area contributed by atoms with Crippen molar-refractivity contribution in [2.45, 2.75) is 19.2 Å². The van der Waals surface area contributed by atoms with Crippen molar-refractivity contribution in [2.75, 3.05) is 45.9 Å². The van der Waals surface area contributed by atoms with E-state index < -0.39 is 6.10 Å². The largest absolute Gasteiger partial charge is 0.394 e. The first kappa shape index (κ1) is 21.1. The van der Waals surface area contributed by atoms with Gasteiger partial charge in [0, 0.05) is 45.8 Å². The normalized spacial score (nSPS) is 15.5. The molecule has 9 nitrogen and oxygen atoms in total. The molecule has 0 aliphatic carbocycles. The Balaban J connectivity index is 1.68. The van der Waals surface area contributed by atoms with Crippen LogP contribution in [0.2, 0.25) is 0 Å². The number of nitrogens with one attached hydrogen (secondary N) is 2. The second-order valence-corrected chi connectivity index (χ2v) is 6.51. The Morgan fingerprint density at radius 1 is 1.07 bits per heavy atom. The summed E-state index contributed by atoms with van der Waals surface area (Å²) in [6.45, 7) is 2.76. The third kappa shape index (κ3) is 6.79. The number of aliphatic hydroxyl groups is 2. The van der Waals surface area contributed by atoms with Crippen molar-refractivity contribution < 1.29 is 19.8 Å². The maximum Gasteiger partial charge on any atom is 0.317 e. The van der Waals surface area contributed by atoms with E-state index in [-0.39, 0.29) is 31.6 Å². The third-order valence-corrected chi connectivity index (χ3v) is 4.49. The second kappa shape index (κ2) is 10.8. The topological polar surface area (TPSA) is 131 Å². The van der Waals surface area contributed by atoms with Gasteiger partial charge in [0.2, 0.25) is 5.91 Å². The maximum atomic E-state index is 12.3. The van der Waals surface area contributed by atoms with E-state index in [9.17, 15) is 14.7 Å². The molecule has 1 fully saturated rings. The Hall–Kier alpha value is -2.20. The molecule has 1 atom stereocenters. The number of nitrogens with two attached hydrogens (primary N) is 1. The highest BCUT2D eigenvalue weighted by Crippen LogP contribution is 2.05. The van der Waals surface area contributed by atoms with Crippen LogP contribution < -0.4 is 16.4 Å². The van der Waals surface area contributed by atoms with Crippen LogP contribution in [0.3, 0.4) is 0 Å². The minimum absolute atomic E-state index is 0.0832. The molecule has 1 saturated heterocycles. The number of carbonyl (C=O) groups excluding carboxylic acids is 2. The van der Waals surface area contributed by atoms with Gasteiger partial charge in [0.1, 0.15) is 0 Å². The molecule has 6 N–H and O–H groups in total. The van der Waals surface area contributed by atoms with Gasteiger partial charge in [0.15, 0.2) is 0 Å². The van der Waals surface area contributed by atoms with Crippen molar-refractivity contribution in [3.8, 4) is 0 Å². The lowest BCUT2D eigenvalue weighted by Gasteiger charge is -2.34. The fourth-order valence-electron chi connectivity index (χ4n) is 2.76. The standard InChI is InChI=1S/C18H29N5O4/c19-9-14-1-3-15(4-2-14)10-21-18(27)23-7-5-22(6-8-23)17(26)12-20-11-16(25)13-24/h1-4,16,20,24-25H,5-13,19H2,(H,21,27). The highest BCUT2D eigenvalue weighted by atomic mass is 16.3. The highest BCUT2D eigenvalue weighted by Gasteiger charge is 2.23. The molecule has 1 aromatic rings.